The molecule has 0 bridgehead atoms. The molecule has 0 aliphatic carbocycles. The van der Waals surface area contributed by atoms with Gasteiger partial charge >= 0.3 is 0 Å². The molecule has 3 heterocycles. The summed E-state index contributed by atoms with van der Waals surface area (Å²) >= 11 is 1.35. The number of thiazole rings is 1. The average molecular weight is 472 g/mol. The van der Waals surface area contributed by atoms with Gasteiger partial charge in [0.05, 0.1) is 11.1 Å². The third kappa shape index (κ3) is 4.18. The topological polar surface area (TPSA) is 73.9 Å². The monoisotopic (exact) mass is 471 g/mol. The number of alkyl halides is 3. The Morgan fingerprint density at radius 2 is 2.15 bits per heavy atom. The Hall–Kier alpha value is -3.40. The molecule has 1 saturated heterocycles. The van der Waals surface area contributed by atoms with Crippen LogP contribution in [0.25, 0.3) is 22.4 Å². The van der Waals surface area contributed by atoms with Gasteiger partial charge in [0.1, 0.15) is 17.5 Å². The lowest BCUT2D eigenvalue weighted by Crippen LogP contribution is -2.20. The Kier molecular flexibility index (Phi) is 5.53. The summed E-state index contributed by atoms with van der Waals surface area (Å²) in [4.78, 5) is 27.2. The normalized spacial score (nSPS) is 16.2. The van der Waals surface area contributed by atoms with Crippen molar-refractivity contribution in [1.29, 1.82) is 0 Å². The summed E-state index contributed by atoms with van der Waals surface area (Å²) in [6.45, 7) is 2.58. The van der Waals surface area contributed by atoms with E-state index >= 15 is 0 Å². The van der Waals surface area contributed by atoms with Crippen molar-refractivity contribution in [1.82, 2.24) is 15.0 Å². The first-order valence-corrected chi connectivity index (χ1v) is 11.2. The van der Waals surface area contributed by atoms with Crippen molar-refractivity contribution in [3.05, 3.63) is 58.6 Å². The Balaban J connectivity index is 1.51. The number of aryl methyl sites for hydroxylation is 1. The summed E-state index contributed by atoms with van der Waals surface area (Å²) in [6, 6.07) is 9.72. The number of hydrogen-bond donors (Lipinski definition) is 2. The second kappa shape index (κ2) is 8.51. The molecule has 1 fully saturated rings. The van der Waals surface area contributed by atoms with E-state index in [9.17, 15) is 18.0 Å². The number of aromatic amines is 1. The zero-order valence-corrected chi connectivity index (χ0v) is 18.4. The quantitative estimate of drug-likeness (QED) is 0.390. The number of amides is 1. The number of aromatic nitrogens is 3. The van der Waals surface area contributed by atoms with Crippen LogP contribution in [-0.4, -0.2) is 40.1 Å². The molecule has 2 aromatic carbocycles. The van der Waals surface area contributed by atoms with Crippen LogP contribution in [0.3, 0.4) is 0 Å². The minimum atomic E-state index is -2.74. The van der Waals surface area contributed by atoms with E-state index < -0.39 is 12.6 Å². The van der Waals surface area contributed by atoms with Gasteiger partial charge in [-0.05, 0) is 43.7 Å². The van der Waals surface area contributed by atoms with E-state index in [4.69, 9.17) is 0 Å². The van der Waals surface area contributed by atoms with Crippen LogP contribution >= 0.6 is 11.3 Å². The number of para-hydroxylation sites is 1. The fourth-order valence-corrected chi connectivity index (χ4v) is 4.67. The van der Waals surface area contributed by atoms with E-state index in [-0.39, 0.29) is 29.4 Å². The van der Waals surface area contributed by atoms with Crippen molar-refractivity contribution < 1.29 is 18.0 Å². The van der Waals surface area contributed by atoms with E-state index in [0.717, 1.165) is 4.88 Å². The molecule has 1 unspecified atom stereocenters. The van der Waals surface area contributed by atoms with Crippen molar-refractivity contribution in [3.63, 3.8) is 0 Å². The lowest BCUT2D eigenvalue weighted by atomic mass is 10.1. The number of halogens is 3. The minimum Gasteiger partial charge on any atom is -0.368 e. The maximum Gasteiger partial charge on any atom is 0.264 e. The number of rotatable bonds is 5. The Bertz CT molecular complexity index is 1330. The first-order valence-electron chi connectivity index (χ1n) is 10.4. The molecule has 0 saturated carbocycles. The summed E-state index contributed by atoms with van der Waals surface area (Å²) in [5.74, 6) is -0.144. The number of carbonyl (C=O) groups is 1. The molecule has 0 radical (unpaired) electrons. The summed E-state index contributed by atoms with van der Waals surface area (Å²) in [5, 5.41) is 3.22. The summed E-state index contributed by atoms with van der Waals surface area (Å²) in [7, 11) is 0. The number of H-pyrrole nitrogens is 1. The van der Waals surface area contributed by atoms with Crippen LogP contribution in [0.5, 0.6) is 0 Å². The Morgan fingerprint density at radius 1 is 1.30 bits per heavy atom. The molecule has 1 aliphatic heterocycles. The molecule has 170 valence electrons. The first kappa shape index (κ1) is 21.4. The summed E-state index contributed by atoms with van der Waals surface area (Å²) in [6.07, 6.45) is -1.64. The van der Waals surface area contributed by atoms with Gasteiger partial charge in [0.25, 0.3) is 12.3 Å². The number of carbonyl (C=O) groups excluding carboxylic acids is 1. The molecule has 2 N–H and O–H groups in total. The molecule has 6 nitrogen and oxygen atoms in total. The molecule has 1 amide bonds. The van der Waals surface area contributed by atoms with Crippen LogP contribution in [-0.2, 0) is 0 Å². The number of nitrogens with zero attached hydrogens (tertiary/aromatic N) is 3. The van der Waals surface area contributed by atoms with Crippen molar-refractivity contribution >= 4 is 39.1 Å². The molecule has 5 rings (SSSR count). The SMILES string of the molecule is Cc1cnc(NC(=O)c2cccc3[nH]c(-c4ccc(N5CCC(F)C5)cc4C(F)F)nc23)s1. The highest BCUT2D eigenvalue weighted by Gasteiger charge is 2.25. The van der Waals surface area contributed by atoms with Crippen LogP contribution < -0.4 is 10.2 Å². The number of benzene rings is 2. The number of anilines is 2. The number of nitrogens with one attached hydrogen (secondary N) is 2. The maximum atomic E-state index is 14.0. The summed E-state index contributed by atoms with van der Waals surface area (Å²) < 4.78 is 41.5. The highest BCUT2D eigenvalue weighted by molar-refractivity contribution is 7.15. The van der Waals surface area contributed by atoms with E-state index in [0.29, 0.717) is 40.4 Å². The van der Waals surface area contributed by atoms with Gasteiger partial charge in [0.15, 0.2) is 5.13 Å². The highest BCUT2D eigenvalue weighted by Crippen LogP contribution is 2.35. The van der Waals surface area contributed by atoms with Crippen LogP contribution in [0.2, 0.25) is 0 Å². The van der Waals surface area contributed by atoms with Gasteiger partial charge in [-0.25, -0.2) is 23.1 Å². The Labute approximate surface area is 191 Å². The highest BCUT2D eigenvalue weighted by atomic mass is 32.1. The fraction of sp³-hybridized carbons (Fsp3) is 0.261. The second-order valence-electron chi connectivity index (χ2n) is 7.92. The average Bonchev–Trinajstić information content (AvgIpc) is 3.52. The molecule has 10 heteroatoms. The van der Waals surface area contributed by atoms with E-state index in [1.165, 1.54) is 17.4 Å². The largest absolute Gasteiger partial charge is 0.368 e. The van der Waals surface area contributed by atoms with Gasteiger partial charge in [-0.15, -0.1) is 11.3 Å². The van der Waals surface area contributed by atoms with Gasteiger partial charge < -0.3 is 9.88 Å². The lowest BCUT2D eigenvalue weighted by Gasteiger charge is -2.19. The van der Waals surface area contributed by atoms with Crippen molar-refractivity contribution in [2.45, 2.75) is 25.9 Å². The molecule has 33 heavy (non-hydrogen) atoms. The maximum absolute atomic E-state index is 14.0. The molecule has 1 aliphatic rings. The number of imidazole rings is 1. The molecule has 4 aromatic rings. The first-order chi connectivity index (χ1) is 15.9. The van der Waals surface area contributed by atoms with E-state index in [2.05, 4.69) is 20.3 Å². The van der Waals surface area contributed by atoms with Gasteiger partial charge in [0, 0.05) is 41.0 Å². The summed E-state index contributed by atoms with van der Waals surface area (Å²) in [5.41, 5.74) is 1.84. The predicted octanol–water partition coefficient (Wildman–Crippen LogP) is 5.73. The van der Waals surface area contributed by atoms with Gasteiger partial charge in [0.2, 0.25) is 0 Å². The van der Waals surface area contributed by atoms with Gasteiger partial charge in [-0.1, -0.05) is 6.07 Å². The molecular formula is C23H20F3N5OS. The zero-order valence-electron chi connectivity index (χ0n) is 17.6. The standard InChI is InChI=1S/C23H20F3N5OS/c1-12-10-27-23(33-12)30-22(32)16-3-2-4-18-19(16)29-21(28-18)15-6-5-14(9-17(15)20(25)26)31-8-7-13(24)11-31/h2-6,9-10,13,20H,7-8,11H2,1H3,(H,28,29)(H,27,30,32). The molecule has 1 atom stereocenters. The number of fused-ring (bicyclic) bond motifs is 1. The third-order valence-corrected chi connectivity index (χ3v) is 6.45. The lowest BCUT2D eigenvalue weighted by molar-refractivity contribution is 0.102. The van der Waals surface area contributed by atoms with E-state index in [1.807, 2.05) is 6.92 Å². The zero-order chi connectivity index (χ0) is 23.1. The van der Waals surface area contributed by atoms with Crippen molar-refractivity contribution in [2.24, 2.45) is 0 Å². The number of hydrogen-bond acceptors (Lipinski definition) is 5. The van der Waals surface area contributed by atoms with Crippen molar-refractivity contribution in [2.75, 3.05) is 23.3 Å². The van der Waals surface area contributed by atoms with Crippen LogP contribution in [0.1, 0.15) is 33.6 Å². The fourth-order valence-electron chi connectivity index (χ4n) is 4.02. The van der Waals surface area contributed by atoms with Gasteiger partial charge in [-0.3, -0.25) is 10.1 Å². The van der Waals surface area contributed by atoms with E-state index in [1.54, 1.807) is 41.4 Å². The second-order valence-corrected chi connectivity index (χ2v) is 9.16. The smallest absolute Gasteiger partial charge is 0.264 e. The molecule has 0 spiro atoms. The van der Waals surface area contributed by atoms with Crippen LogP contribution in [0.15, 0.2) is 42.6 Å². The molecular weight excluding hydrogens is 451 g/mol. The van der Waals surface area contributed by atoms with Crippen LogP contribution in [0.4, 0.5) is 24.0 Å². The van der Waals surface area contributed by atoms with Gasteiger partial charge in [-0.2, -0.15) is 0 Å². The molecule has 2 aromatic heterocycles. The van der Waals surface area contributed by atoms with Crippen LogP contribution in [0, 0.1) is 6.92 Å². The predicted molar refractivity (Wildman–Crippen MR) is 123 cm³/mol. The van der Waals surface area contributed by atoms with Crippen molar-refractivity contribution in [3.8, 4) is 11.4 Å². The Morgan fingerprint density at radius 3 is 2.85 bits per heavy atom. The third-order valence-electron chi connectivity index (χ3n) is 5.62. The minimum absolute atomic E-state index is 0.196.